The number of fused-ring (bicyclic) bond motifs is 1. The zero-order chi connectivity index (χ0) is 22.9. The van der Waals surface area contributed by atoms with E-state index >= 15 is 0 Å². The predicted octanol–water partition coefficient (Wildman–Crippen LogP) is 2.75. The third kappa shape index (κ3) is 4.86. The van der Waals surface area contributed by atoms with Gasteiger partial charge in [-0.3, -0.25) is 4.79 Å². The Labute approximate surface area is 192 Å². The van der Waals surface area contributed by atoms with Crippen LogP contribution in [-0.2, 0) is 18.3 Å². The predicted molar refractivity (Wildman–Crippen MR) is 125 cm³/mol. The number of carbonyl (C=O) groups is 1. The molecule has 1 atom stereocenters. The zero-order valence-corrected chi connectivity index (χ0v) is 19.5. The first kappa shape index (κ1) is 22.5. The molecule has 1 fully saturated rings. The van der Waals surface area contributed by atoms with Crippen LogP contribution in [0.15, 0.2) is 30.6 Å². The van der Waals surface area contributed by atoms with Crippen LogP contribution >= 0.6 is 11.6 Å². The summed E-state index contributed by atoms with van der Waals surface area (Å²) in [6.45, 7) is 3.47. The lowest BCUT2D eigenvalue weighted by Crippen LogP contribution is -2.55. The summed E-state index contributed by atoms with van der Waals surface area (Å²) in [6.07, 6.45) is 3.88. The van der Waals surface area contributed by atoms with Gasteiger partial charge in [0.25, 0.3) is 0 Å². The Morgan fingerprint density at radius 1 is 1.31 bits per heavy atom. The molecule has 1 aliphatic rings. The van der Waals surface area contributed by atoms with Crippen molar-refractivity contribution in [2.45, 2.75) is 38.2 Å². The summed E-state index contributed by atoms with van der Waals surface area (Å²) in [5.41, 5.74) is 1.73. The first-order valence-corrected chi connectivity index (χ1v) is 11.2. The fourth-order valence-corrected chi connectivity index (χ4v) is 4.60. The molecule has 9 heteroatoms. The molecule has 170 valence electrons. The lowest BCUT2D eigenvalue weighted by Gasteiger charge is -2.41. The number of carbonyl (C=O) groups excluding carboxylic acids is 1. The highest BCUT2D eigenvalue weighted by molar-refractivity contribution is 6.31. The molecule has 1 amide bonds. The van der Waals surface area contributed by atoms with Crippen LogP contribution in [-0.4, -0.2) is 67.7 Å². The highest BCUT2D eigenvalue weighted by atomic mass is 35.5. The van der Waals surface area contributed by atoms with Gasteiger partial charge >= 0.3 is 0 Å². The Kier molecular flexibility index (Phi) is 6.35. The maximum Gasteiger partial charge on any atom is 0.222 e. The normalized spacial score (nSPS) is 18.8. The van der Waals surface area contributed by atoms with Crippen LogP contribution in [0.4, 0.5) is 5.82 Å². The molecule has 8 nitrogen and oxygen atoms in total. The lowest BCUT2D eigenvalue weighted by atomic mass is 9.92. The van der Waals surface area contributed by atoms with Crippen molar-refractivity contribution in [3.63, 3.8) is 0 Å². The first-order valence-electron chi connectivity index (χ1n) is 10.8. The van der Waals surface area contributed by atoms with E-state index in [4.69, 9.17) is 11.6 Å². The smallest absolute Gasteiger partial charge is 0.222 e. The van der Waals surface area contributed by atoms with E-state index in [0.717, 1.165) is 41.3 Å². The van der Waals surface area contributed by atoms with Crippen molar-refractivity contribution in [1.82, 2.24) is 24.4 Å². The maximum atomic E-state index is 12.8. The van der Waals surface area contributed by atoms with E-state index in [1.807, 2.05) is 42.8 Å². The quantitative estimate of drug-likeness (QED) is 0.613. The van der Waals surface area contributed by atoms with Gasteiger partial charge in [0, 0.05) is 56.8 Å². The second kappa shape index (κ2) is 9.03. The summed E-state index contributed by atoms with van der Waals surface area (Å²) >= 11 is 6.07. The Hall–Kier alpha value is -2.71. The number of imidazole rings is 1. The molecule has 1 aromatic carbocycles. The third-order valence-electron chi connectivity index (χ3n) is 6.12. The Bertz CT molecular complexity index is 1130. The van der Waals surface area contributed by atoms with Crippen LogP contribution in [0.2, 0.25) is 5.02 Å². The van der Waals surface area contributed by atoms with E-state index in [0.29, 0.717) is 30.8 Å². The molecule has 1 saturated heterocycles. The van der Waals surface area contributed by atoms with Crippen LogP contribution < -0.4 is 4.90 Å². The summed E-state index contributed by atoms with van der Waals surface area (Å²) in [6, 6.07) is 7.53. The summed E-state index contributed by atoms with van der Waals surface area (Å²) in [7, 11) is 3.70. The van der Waals surface area contributed by atoms with Gasteiger partial charge in [0.1, 0.15) is 18.0 Å². The van der Waals surface area contributed by atoms with E-state index in [9.17, 15) is 9.90 Å². The number of aliphatic hydroxyl groups is 1. The minimum Gasteiger partial charge on any atom is -0.386 e. The highest BCUT2D eigenvalue weighted by Crippen LogP contribution is 2.26. The van der Waals surface area contributed by atoms with Crippen LogP contribution in [0.1, 0.15) is 30.8 Å². The van der Waals surface area contributed by atoms with Gasteiger partial charge in [0.15, 0.2) is 0 Å². The van der Waals surface area contributed by atoms with Crippen molar-refractivity contribution in [2.75, 3.05) is 31.6 Å². The van der Waals surface area contributed by atoms with Crippen molar-refractivity contribution < 1.29 is 9.90 Å². The molecule has 4 rings (SSSR count). The number of amides is 1. The highest BCUT2D eigenvalue weighted by Gasteiger charge is 2.36. The minimum atomic E-state index is -0.976. The number of aromatic nitrogens is 4. The lowest BCUT2D eigenvalue weighted by molar-refractivity contribution is -0.133. The van der Waals surface area contributed by atoms with E-state index in [-0.39, 0.29) is 12.5 Å². The molecule has 2 aromatic heterocycles. The molecule has 0 aliphatic carbocycles. The number of benzene rings is 1. The molecule has 0 spiro atoms. The number of rotatable bonds is 6. The summed E-state index contributed by atoms with van der Waals surface area (Å²) < 4.78 is 2.00. The van der Waals surface area contributed by atoms with Crippen LogP contribution in [0.25, 0.3) is 11.0 Å². The molecule has 3 heterocycles. The summed E-state index contributed by atoms with van der Waals surface area (Å²) in [5, 5.41) is 11.9. The summed E-state index contributed by atoms with van der Waals surface area (Å²) in [5.74, 6) is 1.63. The second-order valence-corrected chi connectivity index (χ2v) is 9.17. The molecular formula is C23H29ClN6O2. The van der Waals surface area contributed by atoms with Crippen LogP contribution in [0.5, 0.6) is 0 Å². The number of hydrogen-bond donors (Lipinski definition) is 1. The Balaban J connectivity index is 1.37. The fourth-order valence-electron chi connectivity index (χ4n) is 4.44. The number of likely N-dealkylation sites (N-methyl/N-ethyl adjacent to an activating group) is 1. The molecular weight excluding hydrogens is 428 g/mol. The van der Waals surface area contributed by atoms with Gasteiger partial charge in [-0.2, -0.15) is 0 Å². The van der Waals surface area contributed by atoms with E-state index < -0.39 is 5.60 Å². The number of β-amino-alcohol motifs (C(OH)–C–C–N with tert-alkyl or cyclic N) is 1. The molecule has 0 radical (unpaired) electrons. The van der Waals surface area contributed by atoms with E-state index in [1.54, 1.807) is 18.3 Å². The van der Waals surface area contributed by atoms with Crippen LogP contribution in [0, 0.1) is 6.92 Å². The van der Waals surface area contributed by atoms with E-state index in [2.05, 4.69) is 19.9 Å². The monoisotopic (exact) mass is 456 g/mol. The van der Waals surface area contributed by atoms with E-state index in [1.165, 1.54) is 0 Å². The Morgan fingerprint density at radius 3 is 2.91 bits per heavy atom. The molecule has 32 heavy (non-hydrogen) atoms. The molecule has 0 saturated carbocycles. The number of anilines is 1. The standard InChI is InChI=1S/C23H29ClN6O2/c1-16-11-21(26-15-25-16)30-10-4-9-23(32,14-30)13-28(2)22(31)8-7-20-27-18-12-17(24)5-6-19(18)29(20)3/h5-6,11-12,15,32H,4,7-10,13-14H2,1-3H3/t23-/m1/s1. The molecule has 1 aliphatic heterocycles. The number of aryl methyl sites for hydroxylation is 3. The number of halogens is 1. The molecule has 3 aromatic rings. The van der Waals surface area contributed by atoms with Gasteiger partial charge in [-0.15, -0.1) is 0 Å². The van der Waals surface area contributed by atoms with Crippen LogP contribution in [0.3, 0.4) is 0 Å². The van der Waals surface area contributed by atoms with Gasteiger partial charge in [-0.05, 0) is 38.0 Å². The van der Waals surface area contributed by atoms with Gasteiger partial charge in [0.05, 0.1) is 23.2 Å². The Morgan fingerprint density at radius 2 is 2.12 bits per heavy atom. The van der Waals surface area contributed by atoms with Crippen molar-refractivity contribution in [3.05, 3.63) is 47.1 Å². The minimum absolute atomic E-state index is 0.0153. The fraction of sp³-hybridized carbons (Fsp3) is 0.478. The molecule has 0 unspecified atom stereocenters. The average molecular weight is 457 g/mol. The average Bonchev–Trinajstić information content (AvgIpc) is 3.06. The van der Waals surface area contributed by atoms with Crippen molar-refractivity contribution in [2.24, 2.45) is 7.05 Å². The topological polar surface area (TPSA) is 87.4 Å². The SMILES string of the molecule is Cc1cc(N2CCC[C@@](O)(CN(C)C(=O)CCc3nc4cc(Cl)ccc4n3C)C2)ncn1. The van der Waals surface area contributed by atoms with Gasteiger partial charge in [-0.25, -0.2) is 15.0 Å². The first-order chi connectivity index (χ1) is 15.2. The second-order valence-electron chi connectivity index (χ2n) is 8.74. The number of hydrogen-bond acceptors (Lipinski definition) is 6. The molecule has 0 bridgehead atoms. The van der Waals surface area contributed by atoms with Gasteiger partial charge in [0.2, 0.25) is 5.91 Å². The number of piperidine rings is 1. The van der Waals surface area contributed by atoms with Gasteiger partial charge < -0.3 is 19.5 Å². The molecule has 1 N–H and O–H groups in total. The zero-order valence-electron chi connectivity index (χ0n) is 18.8. The number of nitrogens with zero attached hydrogens (tertiary/aromatic N) is 6. The largest absolute Gasteiger partial charge is 0.386 e. The maximum absolute atomic E-state index is 12.8. The van der Waals surface area contributed by atoms with Crippen molar-refractivity contribution >= 4 is 34.4 Å². The summed E-state index contributed by atoms with van der Waals surface area (Å²) in [4.78, 5) is 29.6. The third-order valence-corrected chi connectivity index (χ3v) is 6.36. The van der Waals surface area contributed by atoms with Gasteiger partial charge in [-0.1, -0.05) is 11.6 Å². The van der Waals surface area contributed by atoms with Crippen molar-refractivity contribution in [1.29, 1.82) is 0 Å². The van der Waals surface area contributed by atoms with Crippen molar-refractivity contribution in [3.8, 4) is 0 Å².